The van der Waals surface area contributed by atoms with Gasteiger partial charge in [-0.15, -0.1) is 0 Å². The second kappa shape index (κ2) is 9.79. The van der Waals surface area contributed by atoms with Crippen molar-refractivity contribution in [1.29, 1.82) is 5.26 Å². The summed E-state index contributed by atoms with van der Waals surface area (Å²) in [7, 11) is 0. The van der Waals surface area contributed by atoms with Gasteiger partial charge in [-0.3, -0.25) is 0 Å². The zero-order valence-electron chi connectivity index (χ0n) is 17.8. The number of nitrogens with zero attached hydrogens (tertiary/aromatic N) is 4. The highest BCUT2D eigenvalue weighted by atomic mass is 32.1. The molecule has 6 nitrogen and oxygen atoms in total. The number of anilines is 2. The average Bonchev–Trinajstić information content (AvgIpc) is 3.06. The van der Waals surface area contributed by atoms with Crippen LogP contribution in [0.2, 0.25) is 0 Å². The molecule has 1 saturated heterocycles. The molecule has 0 amide bonds. The first-order valence-corrected chi connectivity index (χ1v) is 11.0. The van der Waals surface area contributed by atoms with E-state index in [1.54, 1.807) is 24.4 Å². The lowest BCUT2D eigenvalue weighted by molar-refractivity contribution is 0.341. The molecule has 1 fully saturated rings. The lowest BCUT2D eigenvalue weighted by Crippen LogP contribution is -2.38. The van der Waals surface area contributed by atoms with Gasteiger partial charge in [-0.25, -0.2) is 9.37 Å². The zero-order valence-corrected chi connectivity index (χ0v) is 18.7. The maximum atomic E-state index is 14.0. The molecular weight excluding hydrogens is 425 g/mol. The van der Waals surface area contributed by atoms with Crippen LogP contribution in [0, 0.1) is 17.1 Å². The lowest BCUT2D eigenvalue weighted by atomic mass is 10.1. The number of nitriles is 1. The van der Waals surface area contributed by atoms with Crippen LogP contribution in [0.3, 0.4) is 0 Å². The molecule has 0 saturated carbocycles. The fourth-order valence-electron chi connectivity index (χ4n) is 3.88. The number of halogens is 1. The van der Waals surface area contributed by atoms with Gasteiger partial charge in [-0.2, -0.15) is 5.26 Å². The highest BCUT2D eigenvalue weighted by Crippen LogP contribution is 2.29. The molecule has 3 aromatic rings. The molecule has 0 unspecified atom stereocenters. The topological polar surface area (TPSA) is 64.4 Å². The summed E-state index contributed by atoms with van der Waals surface area (Å²) in [6, 6.07) is 14.5. The Morgan fingerprint density at radius 3 is 2.84 bits per heavy atom. The Balaban J connectivity index is 1.53. The largest absolute Gasteiger partial charge is 0.494 e. The molecule has 2 heterocycles. The van der Waals surface area contributed by atoms with Crippen LogP contribution < -0.4 is 15.0 Å². The first-order chi connectivity index (χ1) is 15.6. The van der Waals surface area contributed by atoms with Gasteiger partial charge in [-0.1, -0.05) is 12.1 Å². The summed E-state index contributed by atoms with van der Waals surface area (Å²) in [4.78, 5) is 8.77. The minimum atomic E-state index is -0.336. The molecule has 0 radical (unpaired) electrons. The number of hydrogen-bond acceptors (Lipinski definition) is 5. The molecule has 2 aromatic carbocycles. The number of pyridine rings is 1. The van der Waals surface area contributed by atoms with Gasteiger partial charge in [0, 0.05) is 43.1 Å². The van der Waals surface area contributed by atoms with Gasteiger partial charge in [-0.05, 0) is 55.9 Å². The summed E-state index contributed by atoms with van der Waals surface area (Å²) in [6.07, 6.45) is 2.64. The van der Waals surface area contributed by atoms with E-state index in [0.29, 0.717) is 41.9 Å². The Labute approximate surface area is 192 Å². The molecule has 1 aliphatic heterocycles. The number of fused-ring (bicyclic) bond motifs is 1. The van der Waals surface area contributed by atoms with E-state index in [1.807, 2.05) is 30.0 Å². The van der Waals surface area contributed by atoms with Crippen LogP contribution in [-0.2, 0) is 0 Å². The van der Waals surface area contributed by atoms with Crippen molar-refractivity contribution in [2.45, 2.75) is 13.3 Å². The van der Waals surface area contributed by atoms with Crippen molar-refractivity contribution in [2.24, 2.45) is 0 Å². The van der Waals surface area contributed by atoms with Crippen LogP contribution in [-0.4, -0.2) is 47.8 Å². The van der Waals surface area contributed by atoms with Crippen LogP contribution in [0.25, 0.3) is 10.8 Å². The third-order valence-electron chi connectivity index (χ3n) is 5.46. The molecule has 0 bridgehead atoms. The van der Waals surface area contributed by atoms with E-state index >= 15 is 0 Å². The number of thiocarbonyl (C=S) groups is 1. The smallest absolute Gasteiger partial charge is 0.173 e. The summed E-state index contributed by atoms with van der Waals surface area (Å²) in [5.74, 6) is 1.07. The van der Waals surface area contributed by atoms with Gasteiger partial charge in [0.1, 0.15) is 29.0 Å². The Morgan fingerprint density at radius 1 is 1.22 bits per heavy atom. The molecule has 0 spiro atoms. The van der Waals surface area contributed by atoms with E-state index in [1.165, 1.54) is 6.07 Å². The van der Waals surface area contributed by atoms with E-state index in [9.17, 15) is 9.65 Å². The highest BCUT2D eigenvalue weighted by molar-refractivity contribution is 7.80. The molecule has 1 aliphatic rings. The molecule has 8 heteroatoms. The molecule has 164 valence electrons. The van der Waals surface area contributed by atoms with Gasteiger partial charge in [0.05, 0.1) is 12.3 Å². The zero-order chi connectivity index (χ0) is 22.5. The Hall–Kier alpha value is -3.44. The van der Waals surface area contributed by atoms with Crippen LogP contribution in [0.1, 0.15) is 18.9 Å². The van der Waals surface area contributed by atoms with Crippen molar-refractivity contribution in [1.82, 2.24) is 9.88 Å². The second-order valence-corrected chi connectivity index (χ2v) is 7.88. The van der Waals surface area contributed by atoms with Gasteiger partial charge in [0.15, 0.2) is 5.11 Å². The van der Waals surface area contributed by atoms with Crippen molar-refractivity contribution in [3.8, 4) is 11.8 Å². The highest BCUT2D eigenvalue weighted by Gasteiger charge is 2.22. The molecule has 0 atom stereocenters. The molecule has 32 heavy (non-hydrogen) atoms. The van der Waals surface area contributed by atoms with Crippen molar-refractivity contribution < 1.29 is 9.13 Å². The van der Waals surface area contributed by atoms with Crippen LogP contribution >= 0.6 is 12.2 Å². The summed E-state index contributed by atoms with van der Waals surface area (Å²) in [6.45, 7) is 5.27. The monoisotopic (exact) mass is 449 g/mol. The number of hydrogen-bond donors (Lipinski definition) is 1. The minimum absolute atomic E-state index is 0.336. The Kier molecular flexibility index (Phi) is 6.66. The Morgan fingerprint density at radius 2 is 2.06 bits per heavy atom. The lowest BCUT2D eigenvalue weighted by Gasteiger charge is -2.25. The number of para-hydroxylation sites is 1. The van der Waals surface area contributed by atoms with E-state index in [-0.39, 0.29) is 5.82 Å². The summed E-state index contributed by atoms with van der Waals surface area (Å²) in [5, 5.41) is 15.2. The van der Waals surface area contributed by atoms with Crippen molar-refractivity contribution in [2.75, 3.05) is 43.0 Å². The summed E-state index contributed by atoms with van der Waals surface area (Å²) >= 11 is 5.53. The third kappa shape index (κ3) is 4.58. The second-order valence-electron chi connectivity index (χ2n) is 7.49. The van der Waals surface area contributed by atoms with Crippen molar-refractivity contribution >= 4 is 39.6 Å². The predicted molar refractivity (Wildman–Crippen MR) is 129 cm³/mol. The van der Waals surface area contributed by atoms with Crippen LogP contribution in [0.5, 0.6) is 5.75 Å². The molecule has 0 aliphatic carbocycles. The number of ether oxygens (including phenoxy) is 1. The normalized spacial score (nSPS) is 14.0. The molecule has 4 rings (SSSR count). The van der Waals surface area contributed by atoms with Gasteiger partial charge >= 0.3 is 0 Å². The number of rotatable bonds is 4. The van der Waals surface area contributed by atoms with Gasteiger partial charge < -0.3 is 19.9 Å². The molecule has 1 aromatic heterocycles. The van der Waals surface area contributed by atoms with E-state index in [2.05, 4.69) is 21.3 Å². The summed E-state index contributed by atoms with van der Waals surface area (Å²) in [5.41, 5.74) is 0.913. The number of aromatic nitrogens is 1. The SMILES string of the molecule is CCOc1ccc2cnc(N3CCCN(C(=S)Nc4ccccc4F)CC3)c(C#N)c2c1. The standard InChI is InChI=1S/C24H24FN5OS/c1-2-31-18-9-8-17-16-27-23(20(15-26)19(17)14-18)29-10-5-11-30(13-12-29)24(32)28-22-7-4-3-6-21(22)25/h3-4,6-9,14,16H,2,5,10-13H2,1H3,(H,28,32). The predicted octanol–water partition coefficient (Wildman–Crippen LogP) is 4.55. The van der Waals surface area contributed by atoms with Crippen molar-refractivity contribution in [3.05, 3.63) is 60.0 Å². The summed E-state index contributed by atoms with van der Waals surface area (Å²) < 4.78 is 19.6. The van der Waals surface area contributed by atoms with Crippen LogP contribution in [0.4, 0.5) is 15.9 Å². The quantitative estimate of drug-likeness (QED) is 0.586. The molecular formula is C24H24FN5OS. The fourth-order valence-corrected chi connectivity index (χ4v) is 4.17. The third-order valence-corrected chi connectivity index (χ3v) is 5.82. The Bertz CT molecular complexity index is 1180. The minimum Gasteiger partial charge on any atom is -0.494 e. The van der Waals surface area contributed by atoms with E-state index in [0.717, 1.165) is 36.0 Å². The van der Waals surface area contributed by atoms with E-state index in [4.69, 9.17) is 17.0 Å². The maximum Gasteiger partial charge on any atom is 0.173 e. The van der Waals surface area contributed by atoms with E-state index < -0.39 is 0 Å². The number of nitrogens with one attached hydrogen (secondary N) is 1. The van der Waals surface area contributed by atoms with Gasteiger partial charge in [0.2, 0.25) is 0 Å². The molecule has 1 N–H and O–H groups in total. The first kappa shape index (κ1) is 21.8. The van der Waals surface area contributed by atoms with Crippen LogP contribution in [0.15, 0.2) is 48.7 Å². The number of benzene rings is 2. The van der Waals surface area contributed by atoms with Crippen molar-refractivity contribution in [3.63, 3.8) is 0 Å². The first-order valence-electron chi connectivity index (χ1n) is 10.6. The maximum absolute atomic E-state index is 14.0. The van der Waals surface area contributed by atoms with Gasteiger partial charge in [0.25, 0.3) is 0 Å². The fraction of sp³-hybridized carbons (Fsp3) is 0.292. The average molecular weight is 450 g/mol.